The molecule has 0 amide bonds. The third-order valence-electron chi connectivity index (χ3n) is 3.66. The second kappa shape index (κ2) is 5.00. The fraction of sp³-hybridized carbons (Fsp3) is 0.462. The van der Waals surface area contributed by atoms with Crippen molar-refractivity contribution in [3.8, 4) is 11.5 Å². The Balaban J connectivity index is 2.73. The summed E-state index contributed by atoms with van der Waals surface area (Å²) in [5.74, 6) is -1.05. The number of carboxylic acids is 1. The number of methoxy groups -OCH3 is 2. The molecule has 0 bridgehead atoms. The van der Waals surface area contributed by atoms with Gasteiger partial charge in [0.25, 0.3) is 0 Å². The maximum atomic E-state index is 13.9. The van der Waals surface area contributed by atoms with Crippen LogP contribution in [-0.2, 0) is 10.2 Å². The number of halogens is 2. The molecule has 0 aromatic heterocycles. The van der Waals surface area contributed by atoms with Gasteiger partial charge in [0.1, 0.15) is 5.82 Å². The minimum absolute atomic E-state index is 0.132. The molecule has 4 nitrogen and oxygen atoms in total. The Bertz CT molecular complexity index is 526. The molecule has 1 N–H and O–H groups in total. The van der Waals surface area contributed by atoms with Gasteiger partial charge in [-0.1, -0.05) is 6.42 Å². The molecule has 0 unspecified atom stereocenters. The monoisotopic (exact) mass is 332 g/mol. The molecular formula is C13H14BrFO4. The molecule has 1 saturated carbocycles. The summed E-state index contributed by atoms with van der Waals surface area (Å²) in [5.41, 5.74) is -0.773. The van der Waals surface area contributed by atoms with Crippen molar-refractivity contribution in [2.75, 3.05) is 14.2 Å². The van der Waals surface area contributed by atoms with E-state index in [4.69, 9.17) is 9.47 Å². The fourth-order valence-electron chi connectivity index (χ4n) is 2.47. The van der Waals surface area contributed by atoms with Crippen molar-refractivity contribution in [2.45, 2.75) is 24.7 Å². The number of hydrogen-bond donors (Lipinski definition) is 1. The van der Waals surface area contributed by atoms with Crippen LogP contribution in [0.15, 0.2) is 10.5 Å². The second-order valence-electron chi connectivity index (χ2n) is 4.52. The van der Waals surface area contributed by atoms with Gasteiger partial charge >= 0.3 is 5.97 Å². The van der Waals surface area contributed by atoms with Crippen LogP contribution in [0.2, 0.25) is 0 Å². The predicted octanol–water partition coefficient (Wildman–Crippen LogP) is 3.11. The molecule has 1 fully saturated rings. The number of ether oxygens (including phenoxy) is 2. The van der Waals surface area contributed by atoms with Crippen molar-refractivity contribution in [1.29, 1.82) is 0 Å². The highest BCUT2D eigenvalue weighted by molar-refractivity contribution is 9.10. The zero-order valence-corrected chi connectivity index (χ0v) is 12.2. The van der Waals surface area contributed by atoms with E-state index in [9.17, 15) is 14.3 Å². The van der Waals surface area contributed by atoms with Gasteiger partial charge in [-0.25, -0.2) is 4.39 Å². The first-order valence-electron chi connectivity index (χ1n) is 5.81. The highest BCUT2D eigenvalue weighted by Gasteiger charge is 2.50. The number of aliphatic carboxylic acids is 1. The Morgan fingerprint density at radius 3 is 2.42 bits per heavy atom. The van der Waals surface area contributed by atoms with Gasteiger partial charge in [-0.05, 0) is 28.8 Å². The average molecular weight is 333 g/mol. The van der Waals surface area contributed by atoms with Crippen LogP contribution >= 0.6 is 15.9 Å². The topological polar surface area (TPSA) is 55.8 Å². The molecule has 1 aliphatic carbocycles. The van der Waals surface area contributed by atoms with E-state index >= 15 is 0 Å². The molecule has 0 heterocycles. The fourth-order valence-corrected chi connectivity index (χ4v) is 3.14. The van der Waals surface area contributed by atoms with Crippen molar-refractivity contribution in [3.63, 3.8) is 0 Å². The molecule has 19 heavy (non-hydrogen) atoms. The summed E-state index contributed by atoms with van der Waals surface area (Å²) >= 11 is 3.14. The van der Waals surface area contributed by atoms with E-state index in [-0.39, 0.29) is 16.0 Å². The lowest BCUT2D eigenvalue weighted by molar-refractivity contribution is -0.147. The van der Waals surface area contributed by atoms with Gasteiger partial charge in [0.2, 0.25) is 0 Å². The summed E-state index contributed by atoms with van der Waals surface area (Å²) in [4.78, 5) is 11.6. The maximum absolute atomic E-state index is 13.9. The highest BCUT2D eigenvalue weighted by Crippen LogP contribution is 2.53. The molecule has 104 valence electrons. The van der Waals surface area contributed by atoms with Gasteiger partial charge < -0.3 is 14.6 Å². The van der Waals surface area contributed by atoms with Gasteiger partial charge in [0, 0.05) is 11.6 Å². The van der Waals surface area contributed by atoms with E-state index in [1.165, 1.54) is 20.3 Å². The standard InChI is InChI=1S/C13H14BrFO4/c1-18-8-6-7(15)10(14)9(11(8)19-2)13(12(16)17)4-3-5-13/h6H,3-5H2,1-2H3,(H,16,17). The lowest BCUT2D eigenvalue weighted by Crippen LogP contribution is -2.43. The van der Waals surface area contributed by atoms with Crippen molar-refractivity contribution < 1.29 is 23.8 Å². The van der Waals surface area contributed by atoms with E-state index in [0.717, 1.165) is 6.42 Å². The Morgan fingerprint density at radius 1 is 1.42 bits per heavy atom. The minimum Gasteiger partial charge on any atom is -0.493 e. The molecule has 6 heteroatoms. The van der Waals surface area contributed by atoms with Crippen LogP contribution in [0.3, 0.4) is 0 Å². The largest absolute Gasteiger partial charge is 0.493 e. The first-order valence-corrected chi connectivity index (χ1v) is 6.61. The van der Waals surface area contributed by atoms with Gasteiger partial charge in [-0.3, -0.25) is 4.79 Å². The Hall–Kier alpha value is -1.30. The molecule has 1 aliphatic rings. The Morgan fingerprint density at radius 2 is 2.05 bits per heavy atom. The molecule has 0 spiro atoms. The first-order chi connectivity index (χ1) is 8.97. The molecule has 1 aromatic carbocycles. The highest BCUT2D eigenvalue weighted by atomic mass is 79.9. The van der Waals surface area contributed by atoms with Crippen LogP contribution in [0.4, 0.5) is 4.39 Å². The zero-order valence-electron chi connectivity index (χ0n) is 10.6. The summed E-state index contributed by atoms with van der Waals surface area (Å²) < 4.78 is 24.4. The Labute approximate surface area is 118 Å². The number of benzene rings is 1. The summed E-state index contributed by atoms with van der Waals surface area (Å²) in [7, 11) is 2.81. The summed E-state index contributed by atoms with van der Waals surface area (Å²) in [6, 6.07) is 1.18. The molecule has 0 aliphatic heterocycles. The minimum atomic E-state index is -1.10. The summed E-state index contributed by atoms with van der Waals surface area (Å²) in [6.45, 7) is 0. The molecular weight excluding hydrogens is 319 g/mol. The van der Waals surface area contributed by atoms with Crippen molar-refractivity contribution >= 4 is 21.9 Å². The normalized spacial score (nSPS) is 16.6. The second-order valence-corrected chi connectivity index (χ2v) is 5.32. The van der Waals surface area contributed by atoms with Crippen LogP contribution in [0.1, 0.15) is 24.8 Å². The maximum Gasteiger partial charge on any atom is 0.314 e. The van der Waals surface area contributed by atoms with Crippen molar-refractivity contribution in [1.82, 2.24) is 0 Å². The van der Waals surface area contributed by atoms with E-state index in [2.05, 4.69) is 15.9 Å². The van der Waals surface area contributed by atoms with Gasteiger partial charge in [-0.15, -0.1) is 0 Å². The van der Waals surface area contributed by atoms with Gasteiger partial charge in [-0.2, -0.15) is 0 Å². The number of carbonyl (C=O) groups is 1. The third-order valence-corrected chi connectivity index (χ3v) is 4.43. The number of carboxylic acid groups (broad SMARTS) is 1. The SMILES string of the molecule is COc1cc(F)c(Br)c(C2(C(=O)O)CCC2)c1OC. The van der Waals surface area contributed by atoms with Gasteiger partial charge in [0.15, 0.2) is 11.5 Å². The van der Waals surface area contributed by atoms with E-state index < -0.39 is 17.2 Å². The zero-order chi connectivity index (χ0) is 14.2. The van der Waals surface area contributed by atoms with Crippen LogP contribution in [0, 0.1) is 5.82 Å². The smallest absolute Gasteiger partial charge is 0.314 e. The molecule has 0 atom stereocenters. The quantitative estimate of drug-likeness (QED) is 0.920. The van der Waals surface area contributed by atoms with E-state index in [1.54, 1.807) is 0 Å². The molecule has 1 aromatic rings. The van der Waals surface area contributed by atoms with E-state index in [1.807, 2.05) is 0 Å². The van der Waals surface area contributed by atoms with E-state index in [0.29, 0.717) is 18.4 Å². The molecule has 0 saturated heterocycles. The van der Waals surface area contributed by atoms with Gasteiger partial charge in [0.05, 0.1) is 24.1 Å². The van der Waals surface area contributed by atoms with Crippen LogP contribution < -0.4 is 9.47 Å². The lowest BCUT2D eigenvalue weighted by atomic mass is 9.64. The summed E-state index contributed by atoms with van der Waals surface area (Å²) in [6.07, 6.45) is 1.72. The van der Waals surface area contributed by atoms with Crippen molar-refractivity contribution in [3.05, 3.63) is 21.9 Å². The van der Waals surface area contributed by atoms with Crippen molar-refractivity contribution in [2.24, 2.45) is 0 Å². The van der Waals surface area contributed by atoms with Crippen LogP contribution in [0.25, 0.3) is 0 Å². The average Bonchev–Trinajstić information content (AvgIpc) is 2.32. The Kier molecular flexibility index (Phi) is 3.71. The number of hydrogen-bond acceptors (Lipinski definition) is 3. The number of rotatable bonds is 4. The van der Waals surface area contributed by atoms with Crippen LogP contribution in [0.5, 0.6) is 11.5 Å². The van der Waals surface area contributed by atoms with Crippen LogP contribution in [-0.4, -0.2) is 25.3 Å². The predicted molar refractivity (Wildman–Crippen MR) is 70.4 cm³/mol. The summed E-state index contributed by atoms with van der Waals surface area (Å²) in [5, 5.41) is 9.50. The molecule has 0 radical (unpaired) electrons. The lowest BCUT2D eigenvalue weighted by Gasteiger charge is -2.39. The molecule has 2 rings (SSSR count). The first kappa shape index (κ1) is 14.1. The third kappa shape index (κ3) is 1.98.